The van der Waals surface area contributed by atoms with Crippen LogP contribution in [0.5, 0.6) is 0 Å². The number of amidine groups is 1. The highest BCUT2D eigenvalue weighted by molar-refractivity contribution is 6.22. The summed E-state index contributed by atoms with van der Waals surface area (Å²) in [4.78, 5) is 7.69. The third-order valence-corrected chi connectivity index (χ3v) is 9.24. The average molecular weight is 564 g/mol. The SMILES string of the molecule is CC12Nc3ccccc3N1C(c1cccc(-c3c4ccccc4c(-c4ccccc4)c4ccccc34)c1)=Nc1ccccc12. The monoisotopic (exact) mass is 563 g/mol. The van der Waals surface area contributed by atoms with E-state index in [0.717, 1.165) is 28.5 Å². The molecule has 0 spiro atoms. The first-order valence-corrected chi connectivity index (χ1v) is 15.2. The molecule has 0 fully saturated rings. The van der Waals surface area contributed by atoms with Crippen LogP contribution in [0.4, 0.5) is 17.1 Å². The first-order chi connectivity index (χ1) is 21.7. The summed E-state index contributed by atoms with van der Waals surface area (Å²) in [5, 5.41) is 8.84. The van der Waals surface area contributed by atoms with Crippen molar-refractivity contribution in [1.29, 1.82) is 0 Å². The van der Waals surface area contributed by atoms with Gasteiger partial charge in [0.2, 0.25) is 0 Å². The number of anilines is 2. The lowest BCUT2D eigenvalue weighted by Gasteiger charge is -2.41. The molecule has 208 valence electrons. The number of para-hydroxylation sites is 3. The predicted molar refractivity (Wildman–Crippen MR) is 185 cm³/mol. The zero-order valence-electron chi connectivity index (χ0n) is 24.3. The van der Waals surface area contributed by atoms with Gasteiger partial charge in [-0.15, -0.1) is 0 Å². The van der Waals surface area contributed by atoms with E-state index in [-0.39, 0.29) is 0 Å². The lowest BCUT2D eigenvalue weighted by Crippen LogP contribution is -2.51. The summed E-state index contributed by atoms with van der Waals surface area (Å²) in [6.07, 6.45) is 0. The Balaban J connectivity index is 1.30. The molecule has 0 saturated heterocycles. The largest absolute Gasteiger partial charge is 0.357 e. The molecular weight excluding hydrogens is 534 g/mol. The number of benzene rings is 7. The molecule has 0 radical (unpaired) electrons. The Kier molecular flexibility index (Phi) is 5.33. The summed E-state index contributed by atoms with van der Waals surface area (Å²) in [6, 6.07) is 54.4. The number of hydrogen-bond donors (Lipinski definition) is 1. The number of aliphatic imine (C=N–C) groups is 1. The fraction of sp³-hybridized carbons (Fsp3) is 0.0488. The van der Waals surface area contributed by atoms with E-state index in [1.54, 1.807) is 0 Å². The van der Waals surface area contributed by atoms with Gasteiger partial charge in [-0.25, -0.2) is 4.99 Å². The zero-order valence-corrected chi connectivity index (χ0v) is 24.3. The minimum Gasteiger partial charge on any atom is -0.357 e. The third-order valence-electron chi connectivity index (χ3n) is 9.24. The standard InChI is InChI=1S/C41H29N3/c1-41-34-22-9-10-23-35(34)42-40(44(41)37-25-12-11-24-36(37)43-41)29-17-13-16-28(26-29)39-32-20-7-5-18-30(32)38(27-14-3-2-4-15-27)31-19-6-8-21-33(31)39/h2-26,43H,1H3. The highest BCUT2D eigenvalue weighted by Crippen LogP contribution is 2.51. The van der Waals surface area contributed by atoms with E-state index in [1.807, 2.05) is 0 Å². The van der Waals surface area contributed by atoms with Gasteiger partial charge in [-0.3, -0.25) is 4.90 Å². The fourth-order valence-electron chi connectivity index (χ4n) is 7.36. The van der Waals surface area contributed by atoms with E-state index >= 15 is 0 Å². The number of nitrogens with zero attached hydrogens (tertiary/aromatic N) is 2. The van der Waals surface area contributed by atoms with E-state index in [9.17, 15) is 0 Å². The van der Waals surface area contributed by atoms with Gasteiger partial charge in [-0.2, -0.15) is 0 Å². The van der Waals surface area contributed by atoms with Crippen molar-refractivity contribution in [2.24, 2.45) is 4.99 Å². The molecule has 1 atom stereocenters. The maximum absolute atomic E-state index is 5.32. The number of rotatable bonds is 3. The van der Waals surface area contributed by atoms with Crippen LogP contribution in [0, 0.1) is 0 Å². The number of nitrogens with one attached hydrogen (secondary N) is 1. The summed E-state index contributed by atoms with van der Waals surface area (Å²) in [5.41, 5.74) is 9.98. The molecule has 2 aliphatic rings. The molecule has 44 heavy (non-hydrogen) atoms. The van der Waals surface area contributed by atoms with Crippen molar-refractivity contribution in [3.05, 3.63) is 163 Å². The molecule has 2 heterocycles. The van der Waals surface area contributed by atoms with Crippen molar-refractivity contribution in [2.75, 3.05) is 10.2 Å². The molecule has 0 bridgehead atoms. The molecule has 9 rings (SSSR count). The fourth-order valence-corrected chi connectivity index (χ4v) is 7.36. The molecule has 2 aliphatic heterocycles. The Morgan fingerprint density at radius 2 is 1.07 bits per heavy atom. The topological polar surface area (TPSA) is 27.6 Å². The second-order valence-corrected chi connectivity index (χ2v) is 11.8. The molecule has 0 saturated carbocycles. The second-order valence-electron chi connectivity index (χ2n) is 11.8. The molecule has 1 N–H and O–H groups in total. The minimum absolute atomic E-state index is 0.454. The Hall–Kier alpha value is -5.67. The maximum Gasteiger partial charge on any atom is 0.143 e. The van der Waals surface area contributed by atoms with Crippen molar-refractivity contribution >= 4 is 44.4 Å². The smallest absolute Gasteiger partial charge is 0.143 e. The Labute approximate surface area is 256 Å². The summed E-state index contributed by atoms with van der Waals surface area (Å²) in [5.74, 6) is 0.944. The Morgan fingerprint density at radius 3 is 1.80 bits per heavy atom. The van der Waals surface area contributed by atoms with E-state index in [2.05, 4.69) is 169 Å². The predicted octanol–water partition coefficient (Wildman–Crippen LogP) is 10.5. The van der Waals surface area contributed by atoms with Crippen LogP contribution in [0.25, 0.3) is 43.8 Å². The van der Waals surface area contributed by atoms with Crippen LogP contribution in [0.2, 0.25) is 0 Å². The second kappa shape index (κ2) is 9.42. The van der Waals surface area contributed by atoms with Gasteiger partial charge in [0.1, 0.15) is 11.5 Å². The van der Waals surface area contributed by atoms with Crippen LogP contribution in [0.15, 0.2) is 157 Å². The van der Waals surface area contributed by atoms with Crippen LogP contribution >= 0.6 is 0 Å². The summed E-state index contributed by atoms with van der Waals surface area (Å²) in [6.45, 7) is 2.26. The van der Waals surface area contributed by atoms with Crippen LogP contribution in [0.1, 0.15) is 18.1 Å². The van der Waals surface area contributed by atoms with Crippen LogP contribution in [-0.2, 0) is 5.66 Å². The highest BCUT2D eigenvalue weighted by atomic mass is 15.4. The van der Waals surface area contributed by atoms with Gasteiger partial charge in [0.15, 0.2) is 0 Å². The molecular formula is C41H29N3. The summed E-state index contributed by atoms with van der Waals surface area (Å²) >= 11 is 0. The lowest BCUT2D eigenvalue weighted by atomic mass is 9.85. The van der Waals surface area contributed by atoms with E-state index in [4.69, 9.17) is 4.99 Å². The molecule has 3 heteroatoms. The van der Waals surface area contributed by atoms with Crippen molar-refractivity contribution in [3.8, 4) is 22.3 Å². The average Bonchev–Trinajstić information content (AvgIpc) is 3.40. The van der Waals surface area contributed by atoms with Crippen LogP contribution in [-0.4, -0.2) is 5.84 Å². The lowest BCUT2D eigenvalue weighted by molar-refractivity contribution is 0.582. The van der Waals surface area contributed by atoms with Gasteiger partial charge in [-0.1, -0.05) is 127 Å². The van der Waals surface area contributed by atoms with Gasteiger partial charge in [-0.05, 0) is 75.0 Å². The molecule has 0 aromatic heterocycles. The van der Waals surface area contributed by atoms with Crippen LogP contribution in [0.3, 0.4) is 0 Å². The van der Waals surface area contributed by atoms with Crippen LogP contribution < -0.4 is 10.2 Å². The Bertz CT molecular complexity index is 2230. The zero-order chi connectivity index (χ0) is 29.3. The summed E-state index contributed by atoms with van der Waals surface area (Å²) in [7, 11) is 0. The van der Waals surface area contributed by atoms with Crippen molar-refractivity contribution < 1.29 is 0 Å². The molecule has 1 unspecified atom stereocenters. The number of hydrogen-bond acceptors (Lipinski definition) is 3. The highest BCUT2D eigenvalue weighted by Gasteiger charge is 2.47. The molecule has 3 nitrogen and oxygen atoms in total. The van der Waals surface area contributed by atoms with Crippen molar-refractivity contribution in [3.63, 3.8) is 0 Å². The summed E-state index contributed by atoms with van der Waals surface area (Å²) < 4.78 is 0. The van der Waals surface area contributed by atoms with Crippen molar-refractivity contribution in [2.45, 2.75) is 12.6 Å². The van der Waals surface area contributed by atoms with Gasteiger partial charge in [0.25, 0.3) is 0 Å². The molecule has 7 aromatic carbocycles. The third kappa shape index (κ3) is 3.53. The van der Waals surface area contributed by atoms with E-state index < -0.39 is 5.66 Å². The quantitative estimate of drug-likeness (QED) is 0.217. The normalized spacial score (nSPS) is 16.7. The first kappa shape index (κ1) is 24.9. The van der Waals surface area contributed by atoms with E-state index in [0.29, 0.717) is 0 Å². The van der Waals surface area contributed by atoms with Gasteiger partial charge in [0, 0.05) is 11.1 Å². The Morgan fingerprint density at radius 1 is 0.523 bits per heavy atom. The van der Waals surface area contributed by atoms with Gasteiger partial charge >= 0.3 is 0 Å². The minimum atomic E-state index is -0.454. The van der Waals surface area contributed by atoms with Crippen molar-refractivity contribution in [1.82, 2.24) is 0 Å². The number of fused-ring (bicyclic) bond motifs is 7. The first-order valence-electron chi connectivity index (χ1n) is 15.2. The van der Waals surface area contributed by atoms with Gasteiger partial charge in [0.05, 0.1) is 17.1 Å². The van der Waals surface area contributed by atoms with Gasteiger partial charge < -0.3 is 5.32 Å². The maximum atomic E-state index is 5.32. The molecule has 0 amide bonds. The molecule has 0 aliphatic carbocycles. The van der Waals surface area contributed by atoms with E-state index in [1.165, 1.54) is 49.4 Å². The molecule has 7 aromatic rings.